The second-order valence-corrected chi connectivity index (χ2v) is 8.03. The first-order valence-electron chi connectivity index (χ1n) is 8.60. The van der Waals surface area contributed by atoms with Crippen molar-refractivity contribution in [2.75, 3.05) is 23.8 Å². The molecule has 150 valence electrons. The number of halogens is 1. The zero-order valence-corrected chi connectivity index (χ0v) is 19.2. The molecule has 0 atom stereocenters. The molecule has 0 saturated carbocycles. The van der Waals surface area contributed by atoms with E-state index in [0.29, 0.717) is 20.6 Å². The molecule has 0 spiro atoms. The highest BCUT2D eigenvalue weighted by atomic mass is 79.9. The van der Waals surface area contributed by atoms with E-state index >= 15 is 0 Å². The molecule has 1 aromatic heterocycles. The van der Waals surface area contributed by atoms with E-state index in [2.05, 4.69) is 26.6 Å². The minimum absolute atomic E-state index is 0.225. The fraction of sp³-hybridized carbons (Fsp3) is 0.316. The van der Waals surface area contributed by atoms with Crippen molar-refractivity contribution in [3.8, 4) is 0 Å². The van der Waals surface area contributed by atoms with Crippen LogP contribution in [0.2, 0.25) is 0 Å². The summed E-state index contributed by atoms with van der Waals surface area (Å²) in [5.41, 5.74) is 2.64. The summed E-state index contributed by atoms with van der Waals surface area (Å²) in [7, 11) is 0. The molecule has 0 bridgehead atoms. The van der Waals surface area contributed by atoms with Crippen LogP contribution in [0.3, 0.4) is 0 Å². The number of benzene rings is 1. The van der Waals surface area contributed by atoms with E-state index < -0.39 is 11.9 Å². The lowest BCUT2D eigenvalue weighted by Crippen LogP contribution is -2.20. The quantitative estimate of drug-likeness (QED) is 0.425. The summed E-state index contributed by atoms with van der Waals surface area (Å²) >= 11 is 9.95. The molecule has 6 nitrogen and oxygen atoms in total. The van der Waals surface area contributed by atoms with Gasteiger partial charge in [0.25, 0.3) is 0 Å². The van der Waals surface area contributed by atoms with Crippen LogP contribution in [0.4, 0.5) is 10.7 Å². The van der Waals surface area contributed by atoms with E-state index in [-0.39, 0.29) is 18.8 Å². The molecule has 1 heterocycles. The van der Waals surface area contributed by atoms with Crippen LogP contribution in [0.25, 0.3) is 0 Å². The molecular weight excluding hydrogens is 464 g/mol. The van der Waals surface area contributed by atoms with E-state index in [1.54, 1.807) is 20.8 Å². The van der Waals surface area contributed by atoms with Crippen LogP contribution < -0.4 is 10.6 Å². The fourth-order valence-electron chi connectivity index (χ4n) is 2.43. The number of carbonyl (C=O) groups is 2. The zero-order chi connectivity index (χ0) is 20.8. The third-order valence-electron chi connectivity index (χ3n) is 3.73. The Kier molecular flexibility index (Phi) is 7.97. The summed E-state index contributed by atoms with van der Waals surface area (Å²) in [4.78, 5) is 25.0. The molecular formula is C19H21BrN2O4S2. The zero-order valence-electron chi connectivity index (χ0n) is 16.0. The van der Waals surface area contributed by atoms with E-state index in [1.165, 1.54) is 0 Å². The van der Waals surface area contributed by atoms with Gasteiger partial charge in [-0.3, -0.25) is 0 Å². The average molecular weight is 485 g/mol. The minimum Gasteiger partial charge on any atom is -0.462 e. The Balaban J connectivity index is 2.30. The van der Waals surface area contributed by atoms with Gasteiger partial charge in [0.05, 0.1) is 18.8 Å². The second-order valence-electron chi connectivity index (χ2n) is 5.74. The number of carbonyl (C=O) groups excluding carboxylic acids is 2. The van der Waals surface area contributed by atoms with Gasteiger partial charge in [-0.25, -0.2) is 9.59 Å². The summed E-state index contributed by atoms with van der Waals surface area (Å²) in [5, 5.41) is 6.82. The van der Waals surface area contributed by atoms with E-state index in [1.807, 2.05) is 25.1 Å². The number of hydrogen-bond donors (Lipinski definition) is 2. The smallest absolute Gasteiger partial charge is 0.348 e. The lowest BCUT2D eigenvalue weighted by Gasteiger charge is -2.12. The Morgan fingerprint density at radius 3 is 2.36 bits per heavy atom. The van der Waals surface area contributed by atoms with Crippen molar-refractivity contribution >= 4 is 67.2 Å². The molecule has 0 saturated heterocycles. The lowest BCUT2D eigenvalue weighted by atomic mass is 10.1. The Morgan fingerprint density at radius 1 is 1.11 bits per heavy atom. The normalized spacial score (nSPS) is 10.3. The first-order chi connectivity index (χ1) is 13.3. The maximum Gasteiger partial charge on any atom is 0.348 e. The number of aryl methyl sites for hydroxylation is 1. The van der Waals surface area contributed by atoms with E-state index in [9.17, 15) is 9.59 Å². The SMILES string of the molecule is CCOC(=O)c1sc(NC(=S)Nc2ccc(Br)c(C)c2)c(C(=O)OCC)c1C. The van der Waals surface area contributed by atoms with Gasteiger partial charge in [0.15, 0.2) is 5.11 Å². The van der Waals surface area contributed by atoms with Crippen LogP contribution in [0.15, 0.2) is 22.7 Å². The number of thiophene rings is 1. The summed E-state index contributed by atoms with van der Waals surface area (Å²) < 4.78 is 11.2. The Morgan fingerprint density at radius 2 is 1.75 bits per heavy atom. The van der Waals surface area contributed by atoms with E-state index in [4.69, 9.17) is 21.7 Å². The third-order valence-corrected chi connectivity index (χ3v) is 6.01. The number of esters is 2. The van der Waals surface area contributed by atoms with Crippen LogP contribution in [-0.4, -0.2) is 30.3 Å². The monoisotopic (exact) mass is 484 g/mol. The maximum atomic E-state index is 12.4. The third kappa shape index (κ3) is 5.30. The first kappa shape index (κ1) is 22.3. The van der Waals surface area contributed by atoms with Gasteiger partial charge >= 0.3 is 11.9 Å². The molecule has 0 aliphatic carbocycles. The van der Waals surface area contributed by atoms with Gasteiger partial charge in [0.1, 0.15) is 9.88 Å². The van der Waals surface area contributed by atoms with Crippen molar-refractivity contribution in [1.82, 2.24) is 0 Å². The van der Waals surface area contributed by atoms with Crippen LogP contribution in [0.1, 0.15) is 45.0 Å². The van der Waals surface area contributed by atoms with Crippen molar-refractivity contribution in [3.63, 3.8) is 0 Å². The summed E-state index contributed by atoms with van der Waals surface area (Å²) in [5.74, 6) is -0.998. The highest BCUT2D eigenvalue weighted by molar-refractivity contribution is 9.10. The second kappa shape index (κ2) is 9.99. The molecule has 0 radical (unpaired) electrons. The molecule has 2 aromatic rings. The predicted octanol–water partition coefficient (Wildman–Crippen LogP) is 5.29. The van der Waals surface area contributed by atoms with Gasteiger partial charge in [0.2, 0.25) is 0 Å². The lowest BCUT2D eigenvalue weighted by molar-refractivity contribution is 0.0527. The van der Waals surface area contributed by atoms with Gasteiger partial charge in [-0.05, 0) is 69.2 Å². The number of anilines is 2. The number of rotatable bonds is 6. The van der Waals surface area contributed by atoms with Gasteiger partial charge in [-0.2, -0.15) is 0 Å². The number of hydrogen-bond acceptors (Lipinski definition) is 6. The van der Waals surface area contributed by atoms with Gasteiger partial charge in [-0.1, -0.05) is 15.9 Å². The van der Waals surface area contributed by atoms with Gasteiger partial charge in [0, 0.05) is 10.2 Å². The standard InChI is InChI=1S/C19H21BrN2O4S2/c1-5-25-17(23)14-11(4)15(18(24)26-6-2)28-16(14)22-19(27)21-12-7-8-13(20)10(3)9-12/h7-9H,5-6H2,1-4H3,(H2,21,22,27). The fourth-order valence-corrected chi connectivity index (χ4v) is 4.05. The van der Waals surface area contributed by atoms with Crippen molar-refractivity contribution in [2.45, 2.75) is 27.7 Å². The topological polar surface area (TPSA) is 76.7 Å². The molecule has 2 rings (SSSR count). The van der Waals surface area contributed by atoms with E-state index in [0.717, 1.165) is 27.1 Å². The van der Waals surface area contributed by atoms with Crippen molar-refractivity contribution in [1.29, 1.82) is 0 Å². The van der Waals surface area contributed by atoms with Gasteiger partial charge in [-0.15, -0.1) is 11.3 Å². The Labute approximate surface area is 181 Å². The van der Waals surface area contributed by atoms with Crippen LogP contribution in [0, 0.1) is 13.8 Å². The number of thiocarbonyl (C=S) groups is 1. The summed E-state index contributed by atoms with van der Waals surface area (Å²) in [6, 6.07) is 5.73. The molecule has 0 aliphatic heterocycles. The molecule has 0 fully saturated rings. The molecule has 0 aliphatic rings. The molecule has 0 unspecified atom stereocenters. The largest absolute Gasteiger partial charge is 0.462 e. The minimum atomic E-state index is -0.517. The van der Waals surface area contributed by atoms with Crippen molar-refractivity contribution in [3.05, 3.63) is 44.2 Å². The van der Waals surface area contributed by atoms with Gasteiger partial charge < -0.3 is 20.1 Å². The molecule has 1 aromatic carbocycles. The van der Waals surface area contributed by atoms with Crippen molar-refractivity contribution in [2.24, 2.45) is 0 Å². The average Bonchev–Trinajstić information content (AvgIpc) is 2.94. The maximum absolute atomic E-state index is 12.4. The van der Waals surface area contributed by atoms with Crippen molar-refractivity contribution < 1.29 is 19.1 Å². The van der Waals surface area contributed by atoms with Crippen LogP contribution in [0.5, 0.6) is 0 Å². The highest BCUT2D eigenvalue weighted by Crippen LogP contribution is 2.34. The summed E-state index contributed by atoms with van der Waals surface area (Å²) in [6.45, 7) is 7.58. The molecule has 2 N–H and O–H groups in total. The summed E-state index contributed by atoms with van der Waals surface area (Å²) in [6.07, 6.45) is 0. The molecule has 28 heavy (non-hydrogen) atoms. The predicted molar refractivity (Wildman–Crippen MR) is 120 cm³/mol. The van der Waals surface area contributed by atoms with Crippen LogP contribution in [-0.2, 0) is 9.47 Å². The highest BCUT2D eigenvalue weighted by Gasteiger charge is 2.26. The van der Waals surface area contributed by atoms with Crippen LogP contribution >= 0.6 is 39.5 Å². The number of ether oxygens (including phenoxy) is 2. The number of nitrogens with one attached hydrogen (secondary N) is 2. The molecule has 0 amide bonds. The Bertz CT molecular complexity index is 912. The Hall–Kier alpha value is -1.97. The molecule has 9 heteroatoms. The first-order valence-corrected chi connectivity index (χ1v) is 10.6.